The molecule has 6 aromatic carbocycles. The van der Waals surface area contributed by atoms with E-state index in [9.17, 15) is 10.5 Å². The minimum Gasteiger partial charge on any atom is -0.309 e. The Kier molecular flexibility index (Phi) is 7.86. The van der Waals surface area contributed by atoms with Crippen molar-refractivity contribution < 1.29 is 0 Å². The molecule has 1 aliphatic carbocycles. The zero-order valence-electron chi connectivity index (χ0n) is 28.0. The maximum Gasteiger partial charge on any atom is 0.160 e. The van der Waals surface area contributed by atoms with Gasteiger partial charge in [0, 0.05) is 43.4 Å². The third-order valence-electron chi connectivity index (χ3n) is 9.59. The van der Waals surface area contributed by atoms with Gasteiger partial charge in [-0.2, -0.15) is 10.5 Å². The van der Waals surface area contributed by atoms with Gasteiger partial charge in [0.2, 0.25) is 0 Å². The number of fused-ring (bicyclic) bond motifs is 4. The molecule has 5 nitrogen and oxygen atoms in total. The minimum absolute atomic E-state index is 0.451. The number of nitriles is 2. The second kappa shape index (κ2) is 13.1. The Bertz CT molecular complexity index is 2820. The fraction of sp³-hybridized carbons (Fsp3) is 0.0435. The Morgan fingerprint density at radius 3 is 2.21 bits per heavy atom. The van der Waals surface area contributed by atoms with Gasteiger partial charge in [0.15, 0.2) is 5.82 Å². The summed E-state index contributed by atoms with van der Waals surface area (Å²) in [6, 6.07) is 49.7. The normalized spacial score (nSPS) is 12.5. The van der Waals surface area contributed by atoms with Crippen LogP contribution < -0.4 is 4.90 Å². The van der Waals surface area contributed by atoms with Crippen molar-refractivity contribution in [2.45, 2.75) is 12.8 Å². The summed E-state index contributed by atoms with van der Waals surface area (Å²) in [5.41, 5.74) is 8.88. The molecule has 8 aromatic rings. The number of anilines is 3. The highest BCUT2D eigenvalue weighted by atomic mass is 32.1. The number of hydrogen-bond acceptors (Lipinski definition) is 6. The largest absolute Gasteiger partial charge is 0.309 e. The van der Waals surface area contributed by atoms with Crippen LogP contribution >= 0.6 is 11.3 Å². The Labute approximate surface area is 305 Å². The maximum atomic E-state index is 10.8. The molecule has 0 atom stereocenters. The molecule has 0 radical (unpaired) electrons. The van der Waals surface area contributed by atoms with Crippen LogP contribution in [0.3, 0.4) is 0 Å². The van der Waals surface area contributed by atoms with E-state index in [1.165, 1.54) is 31.3 Å². The van der Waals surface area contributed by atoms with E-state index in [2.05, 4.69) is 102 Å². The van der Waals surface area contributed by atoms with Crippen LogP contribution in [0.4, 0.5) is 17.1 Å². The Hall–Kier alpha value is -6.86. The van der Waals surface area contributed by atoms with Crippen molar-refractivity contribution >= 4 is 65.0 Å². The van der Waals surface area contributed by atoms with E-state index < -0.39 is 0 Å². The van der Waals surface area contributed by atoms with Crippen LogP contribution in [0.1, 0.15) is 29.5 Å². The van der Waals surface area contributed by atoms with Gasteiger partial charge in [-0.15, -0.1) is 11.3 Å². The number of aromatic nitrogens is 2. The molecule has 2 aromatic heterocycles. The summed E-state index contributed by atoms with van der Waals surface area (Å²) < 4.78 is 2.39. The molecule has 0 fully saturated rings. The van der Waals surface area contributed by atoms with Crippen LogP contribution in [0.25, 0.3) is 59.3 Å². The third kappa shape index (κ3) is 5.40. The van der Waals surface area contributed by atoms with Gasteiger partial charge in [0.05, 0.1) is 44.9 Å². The molecular formula is C46H29N5S. The first kappa shape index (κ1) is 31.1. The lowest BCUT2D eigenvalue weighted by atomic mass is 9.97. The Morgan fingerprint density at radius 1 is 0.635 bits per heavy atom. The average molecular weight is 684 g/mol. The van der Waals surface area contributed by atoms with E-state index in [1.54, 1.807) is 17.4 Å². The van der Waals surface area contributed by atoms with E-state index in [4.69, 9.17) is 9.97 Å². The number of rotatable bonds is 6. The SMILES string of the molecule is N#Cc1cc(N(c2ccc(C3=CCCC=C3)cc2)c2cccc3c2sc2ccccc23)ccc1-c1nc(-c2ccccc2)nc2cccc(C#N)c12. The van der Waals surface area contributed by atoms with Crippen LogP contribution in [-0.4, -0.2) is 9.97 Å². The summed E-state index contributed by atoms with van der Waals surface area (Å²) in [6.07, 6.45) is 8.83. The number of nitrogens with zero attached hydrogens (tertiary/aromatic N) is 5. The molecule has 0 unspecified atom stereocenters. The first-order valence-electron chi connectivity index (χ1n) is 17.2. The highest BCUT2D eigenvalue weighted by Gasteiger charge is 2.22. The molecule has 0 saturated carbocycles. The van der Waals surface area contributed by atoms with Gasteiger partial charge in [-0.1, -0.05) is 97.1 Å². The predicted octanol–water partition coefficient (Wildman–Crippen LogP) is 12.3. The zero-order valence-corrected chi connectivity index (χ0v) is 28.8. The van der Waals surface area contributed by atoms with Crippen LogP contribution in [0.15, 0.2) is 152 Å². The lowest BCUT2D eigenvalue weighted by Crippen LogP contribution is -2.11. The topological polar surface area (TPSA) is 76.6 Å². The quantitative estimate of drug-likeness (QED) is 0.174. The summed E-state index contributed by atoms with van der Waals surface area (Å²) in [5, 5.41) is 24.0. The highest BCUT2D eigenvalue weighted by molar-refractivity contribution is 7.26. The first-order chi connectivity index (χ1) is 25.7. The summed E-state index contributed by atoms with van der Waals surface area (Å²) in [5.74, 6) is 0.534. The van der Waals surface area contributed by atoms with Crippen LogP contribution in [0.5, 0.6) is 0 Å². The van der Waals surface area contributed by atoms with Gasteiger partial charge in [-0.25, -0.2) is 9.97 Å². The predicted molar refractivity (Wildman–Crippen MR) is 214 cm³/mol. The molecule has 244 valence electrons. The third-order valence-corrected chi connectivity index (χ3v) is 10.8. The molecule has 6 heteroatoms. The van der Waals surface area contributed by atoms with Crippen molar-refractivity contribution in [3.05, 3.63) is 168 Å². The van der Waals surface area contributed by atoms with Crippen molar-refractivity contribution in [3.63, 3.8) is 0 Å². The van der Waals surface area contributed by atoms with Crippen molar-refractivity contribution in [1.29, 1.82) is 10.5 Å². The van der Waals surface area contributed by atoms with Crippen molar-refractivity contribution in [2.75, 3.05) is 4.90 Å². The summed E-state index contributed by atoms with van der Waals surface area (Å²) in [6.45, 7) is 0. The second-order valence-electron chi connectivity index (χ2n) is 12.7. The average Bonchev–Trinajstić information content (AvgIpc) is 3.61. The molecule has 0 bridgehead atoms. The lowest BCUT2D eigenvalue weighted by Gasteiger charge is -2.27. The molecule has 0 saturated heterocycles. The van der Waals surface area contributed by atoms with Crippen molar-refractivity contribution in [1.82, 2.24) is 9.97 Å². The molecule has 0 spiro atoms. The maximum absolute atomic E-state index is 10.8. The number of thiophene rings is 1. The highest BCUT2D eigenvalue weighted by Crippen LogP contribution is 2.46. The van der Waals surface area contributed by atoms with Gasteiger partial charge in [0.25, 0.3) is 0 Å². The molecule has 0 amide bonds. The molecule has 1 aliphatic rings. The van der Waals surface area contributed by atoms with E-state index in [1.807, 2.05) is 60.7 Å². The molecule has 0 N–H and O–H groups in total. The van der Waals surface area contributed by atoms with Crippen molar-refractivity contribution in [2.24, 2.45) is 0 Å². The van der Waals surface area contributed by atoms with Crippen molar-refractivity contribution in [3.8, 4) is 34.8 Å². The van der Waals surface area contributed by atoms with Gasteiger partial charge in [-0.3, -0.25) is 0 Å². The molecule has 9 rings (SSSR count). The summed E-state index contributed by atoms with van der Waals surface area (Å²) in [7, 11) is 0. The first-order valence-corrected chi connectivity index (χ1v) is 18.0. The molecule has 52 heavy (non-hydrogen) atoms. The van der Waals surface area contributed by atoms with Crippen LogP contribution in [-0.2, 0) is 0 Å². The number of allylic oxidation sites excluding steroid dienone is 4. The van der Waals surface area contributed by atoms with Gasteiger partial charge in [-0.05, 0) is 78.6 Å². The fourth-order valence-corrected chi connectivity index (χ4v) is 8.33. The number of benzene rings is 6. The van der Waals surface area contributed by atoms with Gasteiger partial charge >= 0.3 is 0 Å². The van der Waals surface area contributed by atoms with Gasteiger partial charge in [0.1, 0.15) is 0 Å². The van der Waals surface area contributed by atoms with E-state index >= 15 is 0 Å². The fourth-order valence-electron chi connectivity index (χ4n) is 7.12. The Morgan fingerprint density at radius 2 is 1.40 bits per heavy atom. The summed E-state index contributed by atoms with van der Waals surface area (Å²) in [4.78, 5) is 12.1. The second-order valence-corrected chi connectivity index (χ2v) is 13.7. The monoisotopic (exact) mass is 683 g/mol. The molecule has 0 aliphatic heterocycles. The number of hydrogen-bond donors (Lipinski definition) is 0. The zero-order chi connectivity index (χ0) is 35.0. The minimum atomic E-state index is 0.451. The van der Waals surface area contributed by atoms with Crippen LogP contribution in [0.2, 0.25) is 0 Å². The van der Waals surface area contributed by atoms with E-state index in [0.29, 0.717) is 39.1 Å². The smallest absolute Gasteiger partial charge is 0.160 e. The van der Waals surface area contributed by atoms with Crippen LogP contribution in [0, 0.1) is 22.7 Å². The standard InChI is InChI=1S/C46H29N5S/c47-28-33-15-9-18-40-43(33)44(50-46(49-40)32-13-5-2-6-14-32)37-26-25-36(27-34(37)29-48)51(35-23-21-31(22-24-35)30-11-3-1-4-12-30)41-19-10-17-39-38-16-7-8-20-42(38)52-45(39)41/h2-3,5-27H,1,4H2. The molecular weight excluding hydrogens is 655 g/mol. The Balaban J connectivity index is 1.25. The van der Waals surface area contributed by atoms with E-state index in [-0.39, 0.29) is 0 Å². The molecule has 2 heterocycles. The van der Waals surface area contributed by atoms with E-state index in [0.717, 1.165) is 35.5 Å². The lowest BCUT2D eigenvalue weighted by molar-refractivity contribution is 1.04. The summed E-state index contributed by atoms with van der Waals surface area (Å²) >= 11 is 1.77. The van der Waals surface area contributed by atoms with Gasteiger partial charge < -0.3 is 4.90 Å².